The highest BCUT2D eigenvalue weighted by molar-refractivity contribution is 8.19. The molecular formula is C25H19NO4S2. The molecule has 0 unspecified atom stereocenters. The van der Waals surface area contributed by atoms with Crippen LogP contribution in [0.4, 0.5) is 5.69 Å². The molecule has 0 saturated carbocycles. The van der Waals surface area contributed by atoms with Crippen LogP contribution in [-0.2, 0) is 0 Å². The van der Waals surface area contributed by atoms with Crippen LogP contribution in [0.25, 0.3) is 0 Å². The molecule has 2 amide bonds. The number of amides is 2. The number of thioether (sulfide) groups is 2. The lowest BCUT2D eigenvalue weighted by Gasteiger charge is -2.16. The number of imide groups is 1. The molecule has 0 bridgehead atoms. The van der Waals surface area contributed by atoms with E-state index in [2.05, 4.69) is 0 Å². The number of benzene rings is 3. The number of ether oxygens (including phenoxy) is 1. The Kier molecular flexibility index (Phi) is 5.53. The van der Waals surface area contributed by atoms with Crippen LogP contribution in [0.2, 0.25) is 0 Å². The highest BCUT2D eigenvalue weighted by Crippen LogP contribution is 2.45. The standard InChI is InChI=1S/C25H19NO4S2/c1-15-4-2-3-5-21(15)26-22(27)19-11-8-17(14-20(19)23(26)28)24(29)30-18-9-6-16(7-10-18)25-31-12-13-32-25/h2-11,14,25H,12-13H2,1H3. The van der Waals surface area contributed by atoms with Gasteiger partial charge in [-0.3, -0.25) is 9.59 Å². The molecule has 3 aromatic rings. The SMILES string of the molecule is Cc1ccccc1N1C(=O)c2ccc(C(=O)Oc3ccc(C4SCCS4)cc3)cc2C1=O. The Morgan fingerprint density at radius 2 is 1.59 bits per heavy atom. The fourth-order valence-corrected chi connectivity index (χ4v) is 6.67. The average molecular weight is 462 g/mol. The fraction of sp³-hybridized carbons (Fsp3) is 0.160. The number of carbonyl (C=O) groups excluding carboxylic acids is 3. The van der Waals surface area contributed by atoms with Gasteiger partial charge in [0, 0.05) is 11.5 Å². The third-order valence-corrected chi connectivity index (χ3v) is 8.57. The Morgan fingerprint density at radius 1 is 0.906 bits per heavy atom. The van der Waals surface area contributed by atoms with Crippen molar-refractivity contribution < 1.29 is 19.1 Å². The van der Waals surface area contributed by atoms with Crippen LogP contribution < -0.4 is 9.64 Å². The number of anilines is 1. The van der Waals surface area contributed by atoms with Crippen molar-refractivity contribution in [2.24, 2.45) is 0 Å². The van der Waals surface area contributed by atoms with Crippen LogP contribution in [0.3, 0.4) is 0 Å². The van der Waals surface area contributed by atoms with Crippen molar-refractivity contribution in [3.05, 3.63) is 94.5 Å². The summed E-state index contributed by atoms with van der Waals surface area (Å²) in [6.45, 7) is 1.84. The van der Waals surface area contributed by atoms with Gasteiger partial charge < -0.3 is 4.74 Å². The van der Waals surface area contributed by atoms with Crippen LogP contribution in [0.15, 0.2) is 66.7 Å². The van der Waals surface area contributed by atoms with E-state index in [0.717, 1.165) is 22.0 Å². The minimum atomic E-state index is -0.570. The summed E-state index contributed by atoms with van der Waals surface area (Å²) in [5.74, 6) is 1.33. The molecule has 2 aliphatic rings. The maximum Gasteiger partial charge on any atom is 0.343 e. The van der Waals surface area contributed by atoms with Crippen LogP contribution in [-0.4, -0.2) is 29.3 Å². The molecular weight excluding hydrogens is 442 g/mol. The van der Waals surface area contributed by atoms with Crippen LogP contribution in [0.5, 0.6) is 5.75 Å². The van der Waals surface area contributed by atoms with Crippen molar-refractivity contribution >= 4 is 47.0 Å². The Bertz CT molecular complexity index is 1230. The Labute approximate surface area is 194 Å². The molecule has 0 aliphatic carbocycles. The second kappa shape index (κ2) is 8.48. The second-order valence-electron chi connectivity index (χ2n) is 7.52. The highest BCUT2D eigenvalue weighted by atomic mass is 32.2. The molecule has 7 heteroatoms. The van der Waals surface area contributed by atoms with E-state index in [4.69, 9.17) is 4.74 Å². The predicted molar refractivity (Wildman–Crippen MR) is 128 cm³/mol. The molecule has 0 N–H and O–H groups in total. The van der Waals surface area contributed by atoms with Crippen molar-refractivity contribution in [1.82, 2.24) is 0 Å². The van der Waals surface area contributed by atoms with E-state index in [1.807, 2.05) is 54.7 Å². The number of carbonyl (C=O) groups is 3. The van der Waals surface area contributed by atoms with Crippen molar-refractivity contribution in [2.75, 3.05) is 16.4 Å². The molecule has 0 radical (unpaired) electrons. The van der Waals surface area contributed by atoms with Crippen LogP contribution >= 0.6 is 23.5 Å². The van der Waals surface area contributed by atoms with Gasteiger partial charge in [0.15, 0.2) is 0 Å². The molecule has 2 aliphatic heterocycles. The third kappa shape index (κ3) is 3.72. The summed E-state index contributed by atoms with van der Waals surface area (Å²) in [5, 5.41) is 0. The lowest BCUT2D eigenvalue weighted by atomic mass is 10.1. The smallest absolute Gasteiger partial charge is 0.343 e. The second-order valence-corrected chi connectivity index (χ2v) is 10.2. The number of rotatable bonds is 4. The first-order valence-corrected chi connectivity index (χ1v) is 12.3. The summed E-state index contributed by atoms with van der Waals surface area (Å²) in [6, 6.07) is 19.2. The van der Waals surface area contributed by atoms with Gasteiger partial charge >= 0.3 is 5.97 Å². The number of para-hydroxylation sites is 1. The Morgan fingerprint density at radius 3 is 2.31 bits per heavy atom. The molecule has 1 fully saturated rings. The Hall–Kier alpha value is -3.03. The summed E-state index contributed by atoms with van der Waals surface area (Å²) in [4.78, 5) is 39.7. The maximum absolute atomic E-state index is 13.0. The minimum Gasteiger partial charge on any atom is -0.423 e. The van der Waals surface area contributed by atoms with Gasteiger partial charge in [0.1, 0.15) is 5.75 Å². The summed E-state index contributed by atoms with van der Waals surface area (Å²) >= 11 is 3.83. The van der Waals surface area contributed by atoms with E-state index in [0.29, 0.717) is 16.0 Å². The van der Waals surface area contributed by atoms with E-state index in [9.17, 15) is 14.4 Å². The number of hydrogen-bond acceptors (Lipinski definition) is 6. The molecule has 32 heavy (non-hydrogen) atoms. The maximum atomic E-state index is 13.0. The third-order valence-electron chi connectivity index (χ3n) is 5.46. The van der Waals surface area contributed by atoms with Gasteiger partial charge in [-0.1, -0.05) is 30.3 Å². The topological polar surface area (TPSA) is 63.7 Å². The zero-order chi connectivity index (χ0) is 22.2. The number of aryl methyl sites for hydroxylation is 1. The van der Waals surface area contributed by atoms with Crippen molar-refractivity contribution in [1.29, 1.82) is 0 Å². The summed E-state index contributed by atoms with van der Waals surface area (Å²) in [7, 11) is 0. The number of esters is 1. The summed E-state index contributed by atoms with van der Waals surface area (Å²) in [5.41, 5.74) is 3.28. The van der Waals surface area contributed by atoms with Crippen molar-refractivity contribution in [2.45, 2.75) is 11.5 Å². The zero-order valence-electron chi connectivity index (χ0n) is 17.2. The molecule has 160 valence electrons. The van der Waals surface area contributed by atoms with Crippen LogP contribution in [0, 0.1) is 6.92 Å². The normalized spacial score (nSPS) is 15.8. The first-order valence-electron chi connectivity index (χ1n) is 10.2. The number of hydrogen-bond donors (Lipinski definition) is 0. The van der Waals surface area contributed by atoms with E-state index in [-0.39, 0.29) is 16.7 Å². The van der Waals surface area contributed by atoms with Gasteiger partial charge in [-0.15, -0.1) is 23.5 Å². The van der Waals surface area contributed by atoms with E-state index >= 15 is 0 Å². The zero-order valence-corrected chi connectivity index (χ0v) is 18.9. The predicted octanol–water partition coefficient (Wildman–Crippen LogP) is 5.49. The summed E-state index contributed by atoms with van der Waals surface area (Å²) < 4.78 is 5.94. The first kappa shape index (κ1) is 20.8. The highest BCUT2D eigenvalue weighted by Gasteiger charge is 2.37. The number of nitrogens with zero attached hydrogens (tertiary/aromatic N) is 1. The lowest BCUT2D eigenvalue weighted by Crippen LogP contribution is -2.29. The summed E-state index contributed by atoms with van der Waals surface area (Å²) in [6.07, 6.45) is 0. The first-order chi connectivity index (χ1) is 15.5. The fourth-order valence-electron chi connectivity index (χ4n) is 3.81. The van der Waals surface area contributed by atoms with Gasteiger partial charge in [-0.05, 0) is 54.4 Å². The van der Waals surface area contributed by atoms with E-state index < -0.39 is 17.8 Å². The average Bonchev–Trinajstić information content (AvgIpc) is 3.42. The number of fused-ring (bicyclic) bond motifs is 1. The van der Waals surface area contributed by atoms with Gasteiger partial charge in [0.25, 0.3) is 11.8 Å². The van der Waals surface area contributed by atoms with Crippen molar-refractivity contribution in [3.8, 4) is 5.75 Å². The van der Waals surface area contributed by atoms with E-state index in [1.54, 1.807) is 24.3 Å². The monoisotopic (exact) mass is 461 g/mol. The van der Waals surface area contributed by atoms with E-state index in [1.165, 1.54) is 23.8 Å². The van der Waals surface area contributed by atoms with Gasteiger partial charge in [0.2, 0.25) is 0 Å². The van der Waals surface area contributed by atoms with Crippen molar-refractivity contribution in [3.63, 3.8) is 0 Å². The molecule has 1 saturated heterocycles. The van der Waals surface area contributed by atoms with Gasteiger partial charge in [-0.2, -0.15) is 0 Å². The Balaban J connectivity index is 1.36. The molecule has 2 heterocycles. The lowest BCUT2D eigenvalue weighted by molar-refractivity contribution is 0.0734. The molecule has 0 aromatic heterocycles. The molecule has 0 atom stereocenters. The van der Waals surface area contributed by atoms with Gasteiger partial charge in [0.05, 0.1) is 27.0 Å². The molecule has 5 nitrogen and oxygen atoms in total. The van der Waals surface area contributed by atoms with Gasteiger partial charge in [-0.25, -0.2) is 9.69 Å². The molecule has 0 spiro atoms. The van der Waals surface area contributed by atoms with Crippen LogP contribution in [0.1, 0.15) is 46.8 Å². The largest absolute Gasteiger partial charge is 0.423 e. The molecule has 3 aromatic carbocycles. The quantitative estimate of drug-likeness (QED) is 0.291. The molecule has 5 rings (SSSR count). The minimum absolute atomic E-state index is 0.207.